The predicted molar refractivity (Wildman–Crippen MR) is 45.4 cm³/mol. The van der Waals surface area contributed by atoms with E-state index >= 15 is 0 Å². The molecule has 1 aromatic rings. The first kappa shape index (κ1) is 9.11. The topological polar surface area (TPSA) is 66.1 Å². The quantitative estimate of drug-likeness (QED) is 0.500. The molecule has 0 aliphatic heterocycles. The van der Waals surface area contributed by atoms with Crippen LogP contribution in [0.4, 0.5) is 0 Å². The Bertz CT molecular complexity index is 371. The van der Waals surface area contributed by atoms with E-state index in [0.717, 1.165) is 5.69 Å². The molecule has 4 heteroatoms. The summed E-state index contributed by atoms with van der Waals surface area (Å²) in [7, 11) is 0. The Balaban J connectivity index is 3.00. The fraction of sp³-hybridized carbons (Fsp3) is 0.222. The van der Waals surface area contributed by atoms with Crippen molar-refractivity contribution in [3.05, 3.63) is 29.6 Å². The Morgan fingerprint density at radius 2 is 2.38 bits per heavy atom. The van der Waals surface area contributed by atoms with E-state index in [0.29, 0.717) is 5.56 Å². The van der Waals surface area contributed by atoms with Crippen LogP contribution in [0.25, 0.3) is 0 Å². The Kier molecular flexibility index (Phi) is 2.91. The highest BCUT2D eigenvalue weighted by Gasteiger charge is 2.07. The summed E-state index contributed by atoms with van der Waals surface area (Å²) >= 11 is 0. The summed E-state index contributed by atoms with van der Waals surface area (Å²) in [5.74, 6) is 0. The van der Waals surface area contributed by atoms with Gasteiger partial charge in [-0.15, -0.1) is 0 Å². The number of isocyanates is 1. The van der Waals surface area contributed by atoms with Crippen LogP contribution in [0, 0.1) is 18.3 Å². The highest BCUT2D eigenvalue weighted by Crippen LogP contribution is 2.14. The van der Waals surface area contributed by atoms with E-state index in [4.69, 9.17) is 5.26 Å². The smallest absolute Gasteiger partial charge is 0.236 e. The number of rotatable bonds is 2. The van der Waals surface area contributed by atoms with Crippen LogP contribution in [0.1, 0.15) is 17.3 Å². The lowest BCUT2D eigenvalue weighted by Crippen LogP contribution is -1.93. The molecule has 0 N–H and O–H groups in total. The van der Waals surface area contributed by atoms with E-state index in [9.17, 15) is 4.79 Å². The number of carbonyl (C=O) groups excluding carboxylic acids is 1. The number of pyridine rings is 1. The second-order valence-electron chi connectivity index (χ2n) is 2.48. The van der Waals surface area contributed by atoms with Gasteiger partial charge < -0.3 is 0 Å². The van der Waals surface area contributed by atoms with Crippen LogP contribution < -0.4 is 0 Å². The van der Waals surface area contributed by atoms with Gasteiger partial charge in [0.1, 0.15) is 0 Å². The van der Waals surface area contributed by atoms with Crippen LogP contribution in [0.15, 0.2) is 23.3 Å². The molecule has 0 amide bonds. The van der Waals surface area contributed by atoms with Crippen LogP contribution in [-0.4, -0.2) is 11.1 Å². The van der Waals surface area contributed by atoms with Crippen LogP contribution in [0.2, 0.25) is 0 Å². The number of aryl methyl sites for hydroxylation is 1. The van der Waals surface area contributed by atoms with Gasteiger partial charge in [0.25, 0.3) is 0 Å². The number of hydrogen-bond donors (Lipinski definition) is 0. The molecule has 0 fully saturated rings. The monoisotopic (exact) mass is 173 g/mol. The number of nitrogens with zero attached hydrogens (tertiary/aromatic N) is 3. The summed E-state index contributed by atoms with van der Waals surface area (Å²) in [6.07, 6.45) is 2.89. The molecule has 1 rings (SSSR count). The summed E-state index contributed by atoms with van der Waals surface area (Å²) in [6.45, 7) is 1.84. The fourth-order valence-electron chi connectivity index (χ4n) is 0.872. The number of aliphatic imine (C=N–C) groups is 1. The molecular weight excluding hydrogens is 166 g/mol. The molecule has 0 saturated carbocycles. The van der Waals surface area contributed by atoms with Gasteiger partial charge in [-0.25, -0.2) is 4.79 Å². The first-order chi connectivity index (χ1) is 6.27. The van der Waals surface area contributed by atoms with Crippen LogP contribution >= 0.6 is 0 Å². The van der Waals surface area contributed by atoms with E-state index in [1.807, 2.05) is 13.0 Å². The highest BCUT2D eigenvalue weighted by molar-refractivity contribution is 5.37. The summed E-state index contributed by atoms with van der Waals surface area (Å²) in [5.41, 5.74) is 1.46. The maximum absolute atomic E-state index is 9.95. The predicted octanol–water partition coefficient (Wildman–Crippen LogP) is 1.29. The molecule has 0 saturated heterocycles. The molecule has 0 bridgehead atoms. The van der Waals surface area contributed by atoms with Crippen molar-refractivity contribution in [2.24, 2.45) is 4.99 Å². The lowest BCUT2D eigenvalue weighted by atomic mass is 10.1. The first-order valence-electron chi connectivity index (χ1n) is 3.67. The number of hydrogen-bond acceptors (Lipinski definition) is 4. The van der Waals surface area contributed by atoms with Crippen molar-refractivity contribution >= 4 is 6.08 Å². The summed E-state index contributed by atoms with van der Waals surface area (Å²) in [6, 6.07) is 4.57. The van der Waals surface area contributed by atoms with Gasteiger partial charge in [-0.3, -0.25) is 4.98 Å². The van der Waals surface area contributed by atoms with E-state index in [1.165, 1.54) is 12.3 Å². The lowest BCUT2D eigenvalue weighted by molar-refractivity contribution is 0.561. The number of aromatic nitrogens is 1. The summed E-state index contributed by atoms with van der Waals surface area (Å²) in [5, 5.41) is 8.63. The van der Waals surface area contributed by atoms with Crippen LogP contribution in [-0.2, 0) is 4.79 Å². The first-order valence-corrected chi connectivity index (χ1v) is 3.67. The minimum atomic E-state index is -0.786. The normalized spacial score (nSPS) is 11.1. The lowest BCUT2D eigenvalue weighted by Gasteiger charge is -2.00. The van der Waals surface area contributed by atoms with Gasteiger partial charge in [0.05, 0.1) is 6.07 Å². The van der Waals surface area contributed by atoms with Gasteiger partial charge in [-0.1, -0.05) is 6.07 Å². The van der Waals surface area contributed by atoms with Gasteiger partial charge in [-0.05, 0) is 13.0 Å². The molecule has 13 heavy (non-hydrogen) atoms. The Labute approximate surface area is 75.6 Å². The van der Waals surface area contributed by atoms with Gasteiger partial charge in [-0.2, -0.15) is 10.3 Å². The van der Waals surface area contributed by atoms with E-state index in [-0.39, 0.29) is 0 Å². The highest BCUT2D eigenvalue weighted by atomic mass is 16.1. The zero-order valence-corrected chi connectivity index (χ0v) is 7.06. The van der Waals surface area contributed by atoms with Gasteiger partial charge in [0.2, 0.25) is 6.08 Å². The van der Waals surface area contributed by atoms with Crippen LogP contribution in [0.3, 0.4) is 0 Å². The standard InChI is InChI=1S/C9H7N3O/c1-7-2-3-8(5-11-7)9(4-10)12-6-13/h2-3,5,9H,1H3. The zero-order chi connectivity index (χ0) is 9.68. The van der Waals surface area contributed by atoms with Gasteiger partial charge in [0.15, 0.2) is 6.04 Å². The van der Waals surface area contributed by atoms with Gasteiger partial charge in [0, 0.05) is 17.5 Å². The fourth-order valence-corrected chi connectivity index (χ4v) is 0.872. The van der Waals surface area contributed by atoms with E-state index < -0.39 is 6.04 Å². The van der Waals surface area contributed by atoms with Crippen molar-refractivity contribution in [1.82, 2.24) is 4.98 Å². The minimum absolute atomic E-state index is 0.608. The molecule has 1 unspecified atom stereocenters. The maximum Gasteiger partial charge on any atom is 0.236 e. The average molecular weight is 173 g/mol. The van der Waals surface area contributed by atoms with Crippen molar-refractivity contribution in [2.45, 2.75) is 13.0 Å². The molecule has 64 valence electrons. The molecule has 1 atom stereocenters. The third-order valence-electron chi connectivity index (χ3n) is 1.55. The average Bonchev–Trinajstić information content (AvgIpc) is 2.16. The molecule has 0 aromatic carbocycles. The largest absolute Gasteiger partial charge is 0.261 e. The van der Waals surface area contributed by atoms with Crippen LogP contribution in [0.5, 0.6) is 0 Å². The zero-order valence-electron chi connectivity index (χ0n) is 7.06. The molecule has 1 aromatic heterocycles. The Hall–Kier alpha value is -1.98. The minimum Gasteiger partial charge on any atom is -0.261 e. The second-order valence-corrected chi connectivity index (χ2v) is 2.48. The molecule has 0 aliphatic carbocycles. The molecule has 4 nitrogen and oxygen atoms in total. The van der Waals surface area contributed by atoms with E-state index in [1.54, 1.807) is 12.1 Å². The molecule has 1 heterocycles. The van der Waals surface area contributed by atoms with Gasteiger partial charge >= 0.3 is 0 Å². The Morgan fingerprint density at radius 1 is 1.62 bits per heavy atom. The maximum atomic E-state index is 9.95. The third kappa shape index (κ3) is 2.22. The van der Waals surface area contributed by atoms with Crippen molar-refractivity contribution in [3.63, 3.8) is 0 Å². The molecule has 0 aliphatic rings. The SMILES string of the molecule is Cc1ccc(C(C#N)N=C=O)cn1. The van der Waals surface area contributed by atoms with Crippen molar-refractivity contribution < 1.29 is 4.79 Å². The number of nitriles is 1. The molecular formula is C9H7N3O. The van der Waals surface area contributed by atoms with Crippen molar-refractivity contribution in [2.75, 3.05) is 0 Å². The Morgan fingerprint density at radius 3 is 2.85 bits per heavy atom. The molecule has 0 radical (unpaired) electrons. The third-order valence-corrected chi connectivity index (χ3v) is 1.55. The molecule has 0 spiro atoms. The summed E-state index contributed by atoms with van der Waals surface area (Å²) < 4.78 is 0. The van der Waals surface area contributed by atoms with Crippen molar-refractivity contribution in [1.29, 1.82) is 5.26 Å². The summed E-state index contributed by atoms with van der Waals surface area (Å²) in [4.78, 5) is 17.3. The van der Waals surface area contributed by atoms with Crippen molar-refractivity contribution in [3.8, 4) is 6.07 Å². The van der Waals surface area contributed by atoms with E-state index in [2.05, 4.69) is 9.98 Å². The second kappa shape index (κ2) is 4.15.